The fourth-order valence-corrected chi connectivity index (χ4v) is 1.48. The highest BCUT2D eigenvalue weighted by atomic mass is 79.9. The van der Waals surface area contributed by atoms with Gasteiger partial charge in [-0.25, -0.2) is 0 Å². The first kappa shape index (κ1) is 13.6. The molecule has 0 radical (unpaired) electrons. The van der Waals surface area contributed by atoms with Gasteiger partial charge >= 0.3 is 0 Å². The van der Waals surface area contributed by atoms with E-state index in [4.69, 9.17) is 9.47 Å². The summed E-state index contributed by atoms with van der Waals surface area (Å²) in [6.45, 7) is 4.00. The van der Waals surface area contributed by atoms with Crippen molar-refractivity contribution in [3.63, 3.8) is 0 Å². The minimum absolute atomic E-state index is 0.235. The predicted molar refractivity (Wildman–Crippen MR) is 69.9 cm³/mol. The van der Waals surface area contributed by atoms with Crippen LogP contribution >= 0.6 is 15.9 Å². The molecule has 5 heteroatoms. The Kier molecular flexibility index (Phi) is 5.03. The fourth-order valence-electron chi connectivity index (χ4n) is 1.34. The lowest BCUT2D eigenvalue weighted by molar-refractivity contribution is 0.0954. The van der Waals surface area contributed by atoms with E-state index in [9.17, 15) is 4.79 Å². The number of methoxy groups -OCH3 is 2. The number of hydrogen-bond acceptors (Lipinski definition) is 3. The van der Waals surface area contributed by atoms with Crippen molar-refractivity contribution < 1.29 is 14.3 Å². The summed E-state index contributed by atoms with van der Waals surface area (Å²) in [4.78, 5) is 11.9. The van der Waals surface area contributed by atoms with Gasteiger partial charge in [0, 0.05) is 11.0 Å². The van der Waals surface area contributed by atoms with Gasteiger partial charge in [-0.3, -0.25) is 4.79 Å². The smallest absolute Gasteiger partial charge is 0.255 e. The maximum atomic E-state index is 11.9. The van der Waals surface area contributed by atoms with Crippen LogP contribution in [0.2, 0.25) is 0 Å². The summed E-state index contributed by atoms with van der Waals surface area (Å²) in [5.74, 6) is 0.715. The number of rotatable bonds is 5. The summed E-state index contributed by atoms with van der Waals surface area (Å²) < 4.78 is 11.0. The molecule has 0 aliphatic rings. The molecule has 1 N–H and O–H groups in total. The average molecular weight is 300 g/mol. The summed E-state index contributed by atoms with van der Waals surface area (Å²) in [6, 6.07) is 5.14. The molecule has 0 fully saturated rings. The minimum Gasteiger partial charge on any atom is -0.493 e. The van der Waals surface area contributed by atoms with Crippen molar-refractivity contribution >= 4 is 21.8 Å². The second-order valence-corrected chi connectivity index (χ2v) is 4.36. The Labute approximate surface area is 109 Å². The van der Waals surface area contributed by atoms with E-state index in [1.54, 1.807) is 18.2 Å². The van der Waals surface area contributed by atoms with Gasteiger partial charge in [0.1, 0.15) is 0 Å². The van der Waals surface area contributed by atoms with Gasteiger partial charge in [0.05, 0.1) is 19.8 Å². The standard InChI is InChI=1S/C12H14BrNO3/c1-8(13)7-14-12(15)9-5-4-6-10(16-2)11(9)17-3/h4-6H,1,7H2,2-3H3,(H,14,15). The normalized spacial score (nSPS) is 9.59. The lowest BCUT2D eigenvalue weighted by Crippen LogP contribution is -2.24. The van der Waals surface area contributed by atoms with Crippen molar-refractivity contribution in [2.75, 3.05) is 20.8 Å². The molecule has 0 spiro atoms. The molecule has 0 unspecified atom stereocenters. The molecule has 1 aromatic carbocycles. The molecule has 0 aromatic heterocycles. The number of nitrogens with one attached hydrogen (secondary N) is 1. The van der Waals surface area contributed by atoms with Gasteiger partial charge in [0.2, 0.25) is 0 Å². The van der Waals surface area contributed by atoms with Gasteiger partial charge in [0.25, 0.3) is 5.91 Å². The van der Waals surface area contributed by atoms with E-state index in [0.717, 1.165) is 0 Å². The third kappa shape index (κ3) is 3.49. The van der Waals surface area contributed by atoms with E-state index >= 15 is 0 Å². The highest BCUT2D eigenvalue weighted by molar-refractivity contribution is 9.11. The molecule has 0 atom stereocenters. The van der Waals surface area contributed by atoms with Gasteiger partial charge in [-0.1, -0.05) is 28.6 Å². The van der Waals surface area contributed by atoms with Gasteiger partial charge in [-0.05, 0) is 12.1 Å². The van der Waals surface area contributed by atoms with Crippen molar-refractivity contribution in [3.05, 3.63) is 34.8 Å². The van der Waals surface area contributed by atoms with Gasteiger partial charge in [0.15, 0.2) is 11.5 Å². The zero-order valence-electron chi connectivity index (χ0n) is 9.75. The van der Waals surface area contributed by atoms with Crippen LogP contribution in [0.15, 0.2) is 29.3 Å². The molecule has 0 saturated carbocycles. The first-order chi connectivity index (χ1) is 8.10. The predicted octanol–water partition coefficient (Wildman–Crippen LogP) is 2.34. The Morgan fingerprint density at radius 1 is 1.41 bits per heavy atom. The Morgan fingerprint density at radius 2 is 2.12 bits per heavy atom. The maximum Gasteiger partial charge on any atom is 0.255 e. The summed E-state index contributed by atoms with van der Waals surface area (Å²) >= 11 is 3.17. The molecule has 0 bridgehead atoms. The zero-order chi connectivity index (χ0) is 12.8. The molecule has 17 heavy (non-hydrogen) atoms. The molecule has 92 valence electrons. The Bertz CT molecular complexity index is 432. The molecule has 1 rings (SSSR count). The summed E-state index contributed by atoms with van der Waals surface area (Å²) in [5, 5.41) is 2.70. The van der Waals surface area contributed by atoms with Crippen LogP contribution in [0.3, 0.4) is 0 Å². The molecule has 1 amide bonds. The van der Waals surface area contributed by atoms with Crippen LogP contribution in [0.1, 0.15) is 10.4 Å². The number of hydrogen-bond donors (Lipinski definition) is 1. The van der Waals surface area contributed by atoms with Crippen molar-refractivity contribution in [1.29, 1.82) is 0 Å². The van der Waals surface area contributed by atoms with Crippen LogP contribution in [-0.2, 0) is 0 Å². The number of amides is 1. The quantitative estimate of drug-likeness (QED) is 0.908. The van der Waals surface area contributed by atoms with E-state index in [2.05, 4.69) is 27.8 Å². The molecule has 4 nitrogen and oxygen atoms in total. The van der Waals surface area contributed by atoms with Crippen LogP contribution in [-0.4, -0.2) is 26.7 Å². The summed E-state index contributed by atoms with van der Waals surface area (Å²) in [5.41, 5.74) is 0.431. The second-order valence-electron chi connectivity index (χ2n) is 3.24. The molecule has 0 heterocycles. The fraction of sp³-hybridized carbons (Fsp3) is 0.250. The maximum absolute atomic E-state index is 11.9. The summed E-state index contributed by atoms with van der Waals surface area (Å²) in [7, 11) is 3.03. The highest BCUT2D eigenvalue weighted by Crippen LogP contribution is 2.30. The first-order valence-electron chi connectivity index (χ1n) is 4.92. The third-order valence-corrected chi connectivity index (χ3v) is 2.37. The highest BCUT2D eigenvalue weighted by Gasteiger charge is 2.15. The Balaban J connectivity index is 2.96. The Hall–Kier alpha value is -1.49. The van der Waals surface area contributed by atoms with E-state index < -0.39 is 0 Å². The van der Waals surface area contributed by atoms with Crippen molar-refractivity contribution in [3.8, 4) is 11.5 Å². The number of benzene rings is 1. The number of carbonyl (C=O) groups is 1. The average Bonchev–Trinajstić information content (AvgIpc) is 2.34. The first-order valence-corrected chi connectivity index (χ1v) is 5.72. The topological polar surface area (TPSA) is 47.6 Å². The monoisotopic (exact) mass is 299 g/mol. The van der Waals surface area contributed by atoms with E-state index in [0.29, 0.717) is 28.1 Å². The van der Waals surface area contributed by atoms with E-state index in [1.165, 1.54) is 14.2 Å². The molecule has 1 aromatic rings. The zero-order valence-corrected chi connectivity index (χ0v) is 11.3. The lowest BCUT2D eigenvalue weighted by atomic mass is 10.1. The lowest BCUT2D eigenvalue weighted by Gasteiger charge is -2.12. The van der Waals surface area contributed by atoms with Crippen LogP contribution in [0.25, 0.3) is 0 Å². The molecular formula is C12H14BrNO3. The molecule has 0 aliphatic heterocycles. The van der Waals surface area contributed by atoms with Crippen molar-refractivity contribution in [2.45, 2.75) is 0 Å². The molecular weight excluding hydrogens is 286 g/mol. The minimum atomic E-state index is -0.235. The second kappa shape index (κ2) is 6.30. The SMILES string of the molecule is C=C(Br)CNC(=O)c1cccc(OC)c1OC. The number of carbonyl (C=O) groups excluding carboxylic acids is 1. The molecule has 0 saturated heterocycles. The van der Waals surface area contributed by atoms with Crippen LogP contribution < -0.4 is 14.8 Å². The Morgan fingerprint density at radius 3 is 2.65 bits per heavy atom. The van der Waals surface area contributed by atoms with Gasteiger partial charge in [-0.2, -0.15) is 0 Å². The van der Waals surface area contributed by atoms with Crippen LogP contribution in [0.5, 0.6) is 11.5 Å². The number of para-hydroxylation sites is 1. The molecule has 0 aliphatic carbocycles. The van der Waals surface area contributed by atoms with Crippen LogP contribution in [0.4, 0.5) is 0 Å². The van der Waals surface area contributed by atoms with E-state index in [-0.39, 0.29) is 5.91 Å². The van der Waals surface area contributed by atoms with Crippen LogP contribution in [0, 0.1) is 0 Å². The van der Waals surface area contributed by atoms with Gasteiger partial charge in [-0.15, -0.1) is 0 Å². The van der Waals surface area contributed by atoms with Gasteiger partial charge < -0.3 is 14.8 Å². The largest absolute Gasteiger partial charge is 0.493 e. The van der Waals surface area contributed by atoms with E-state index in [1.807, 2.05) is 0 Å². The third-order valence-electron chi connectivity index (χ3n) is 2.09. The van der Waals surface area contributed by atoms with Crippen molar-refractivity contribution in [2.24, 2.45) is 0 Å². The summed E-state index contributed by atoms with van der Waals surface area (Å²) in [6.07, 6.45) is 0. The number of halogens is 1. The number of ether oxygens (including phenoxy) is 2. The van der Waals surface area contributed by atoms with Crippen molar-refractivity contribution in [1.82, 2.24) is 5.32 Å².